The molecule has 2 N–H and O–H groups in total. The Kier molecular flexibility index (Phi) is 7.01. The van der Waals surface area contributed by atoms with Crippen molar-refractivity contribution in [2.75, 3.05) is 48.4 Å². The van der Waals surface area contributed by atoms with Crippen molar-refractivity contribution in [1.29, 1.82) is 0 Å². The van der Waals surface area contributed by atoms with Gasteiger partial charge in [-0.2, -0.15) is 0 Å². The summed E-state index contributed by atoms with van der Waals surface area (Å²) >= 11 is 7.53. The molecule has 0 aliphatic carbocycles. The third-order valence-corrected chi connectivity index (χ3v) is 7.44. The summed E-state index contributed by atoms with van der Waals surface area (Å²) in [5, 5.41) is 8.34. The Bertz CT molecular complexity index is 1260. The number of amides is 3. The van der Waals surface area contributed by atoms with Crippen LogP contribution >= 0.6 is 22.9 Å². The highest BCUT2D eigenvalue weighted by Crippen LogP contribution is 2.32. The van der Waals surface area contributed by atoms with Crippen molar-refractivity contribution in [1.82, 2.24) is 4.90 Å². The van der Waals surface area contributed by atoms with Crippen LogP contribution in [-0.2, 0) is 19.1 Å². The molecule has 3 amide bonds. The Balaban J connectivity index is 1.17. The van der Waals surface area contributed by atoms with E-state index in [0.29, 0.717) is 36.8 Å². The first-order valence-electron chi connectivity index (χ1n) is 11.5. The first-order valence-corrected chi connectivity index (χ1v) is 12.7. The highest BCUT2D eigenvalue weighted by Gasteiger charge is 2.32. The van der Waals surface area contributed by atoms with E-state index in [1.165, 1.54) is 11.3 Å². The van der Waals surface area contributed by atoms with Crippen LogP contribution in [0, 0.1) is 0 Å². The Labute approximate surface area is 211 Å². The number of fused-ring (bicyclic) bond motifs is 1. The van der Waals surface area contributed by atoms with E-state index in [-0.39, 0.29) is 36.9 Å². The lowest BCUT2D eigenvalue weighted by Gasteiger charge is -2.27. The van der Waals surface area contributed by atoms with Gasteiger partial charge in [0.25, 0.3) is 5.91 Å². The van der Waals surface area contributed by atoms with E-state index in [1.807, 2.05) is 41.3 Å². The quantitative estimate of drug-likeness (QED) is 0.521. The van der Waals surface area contributed by atoms with Crippen LogP contribution in [0.1, 0.15) is 12.8 Å². The molecule has 2 aliphatic rings. The molecule has 0 spiro atoms. The largest absolute Gasteiger partial charge is 0.370 e. The van der Waals surface area contributed by atoms with Crippen molar-refractivity contribution in [3.8, 4) is 0 Å². The van der Waals surface area contributed by atoms with Crippen molar-refractivity contribution in [2.24, 2.45) is 0 Å². The lowest BCUT2D eigenvalue weighted by atomic mass is 10.2. The molecule has 2 aromatic carbocycles. The maximum Gasteiger partial charge on any atom is 0.253 e. The van der Waals surface area contributed by atoms with Crippen molar-refractivity contribution in [2.45, 2.75) is 18.9 Å². The number of halogens is 1. The van der Waals surface area contributed by atoms with E-state index >= 15 is 0 Å². The molecule has 1 atom stereocenters. The fraction of sp³-hybridized carbons (Fsp3) is 0.320. The van der Waals surface area contributed by atoms with Crippen molar-refractivity contribution in [3.63, 3.8) is 0 Å². The molecule has 0 unspecified atom stereocenters. The molecular weight excluding hydrogens is 488 g/mol. The van der Waals surface area contributed by atoms with E-state index in [1.54, 1.807) is 17.0 Å². The minimum Gasteiger partial charge on any atom is -0.370 e. The van der Waals surface area contributed by atoms with Gasteiger partial charge in [-0.25, -0.2) is 0 Å². The first-order chi connectivity index (χ1) is 17.0. The predicted molar refractivity (Wildman–Crippen MR) is 138 cm³/mol. The van der Waals surface area contributed by atoms with E-state index in [2.05, 4.69) is 10.6 Å². The molecule has 5 rings (SSSR count). The number of likely N-dealkylation sites (tertiary alicyclic amines) is 1. The number of benzene rings is 2. The highest BCUT2D eigenvalue weighted by molar-refractivity contribution is 7.23. The molecule has 3 aromatic rings. The van der Waals surface area contributed by atoms with Gasteiger partial charge in [0.05, 0.1) is 24.2 Å². The van der Waals surface area contributed by atoms with Crippen LogP contribution in [0.25, 0.3) is 10.1 Å². The number of rotatable bonds is 6. The van der Waals surface area contributed by atoms with Crippen LogP contribution < -0.4 is 15.5 Å². The molecule has 10 heteroatoms. The SMILES string of the molecule is O=C(CN1CCC[C@@H]1C(=O)Nc1ccc(N2CCOCC2=O)cc1)Nc1cc2ccc(Cl)cc2s1. The number of nitrogens with zero attached hydrogens (tertiary/aromatic N) is 2. The summed E-state index contributed by atoms with van der Waals surface area (Å²) in [5.41, 5.74) is 1.43. The van der Waals surface area contributed by atoms with Gasteiger partial charge in [0.2, 0.25) is 11.8 Å². The van der Waals surface area contributed by atoms with Gasteiger partial charge in [0.15, 0.2) is 0 Å². The third kappa shape index (κ3) is 5.48. The topological polar surface area (TPSA) is 91.0 Å². The summed E-state index contributed by atoms with van der Waals surface area (Å²) < 4.78 is 6.18. The molecule has 182 valence electrons. The van der Waals surface area contributed by atoms with Crippen LogP contribution in [0.3, 0.4) is 0 Å². The Morgan fingerprint density at radius 1 is 1.09 bits per heavy atom. The molecule has 8 nitrogen and oxygen atoms in total. The number of thiophene rings is 1. The minimum atomic E-state index is -0.373. The zero-order valence-electron chi connectivity index (χ0n) is 19.0. The smallest absolute Gasteiger partial charge is 0.253 e. The highest BCUT2D eigenvalue weighted by atomic mass is 35.5. The third-order valence-electron chi connectivity index (χ3n) is 6.19. The zero-order chi connectivity index (χ0) is 24.4. The van der Waals surface area contributed by atoms with Gasteiger partial charge in [0, 0.05) is 27.6 Å². The van der Waals surface area contributed by atoms with E-state index in [0.717, 1.165) is 27.2 Å². The van der Waals surface area contributed by atoms with Crippen LogP contribution in [0.15, 0.2) is 48.5 Å². The summed E-state index contributed by atoms with van der Waals surface area (Å²) in [7, 11) is 0. The van der Waals surface area contributed by atoms with Gasteiger partial charge < -0.3 is 20.3 Å². The molecule has 2 saturated heterocycles. The minimum absolute atomic E-state index is 0.0765. The van der Waals surface area contributed by atoms with Crippen LogP contribution in [0.2, 0.25) is 5.02 Å². The zero-order valence-corrected chi connectivity index (χ0v) is 20.5. The molecule has 35 heavy (non-hydrogen) atoms. The number of ether oxygens (including phenoxy) is 1. The van der Waals surface area contributed by atoms with Crippen molar-refractivity contribution in [3.05, 3.63) is 53.6 Å². The van der Waals surface area contributed by atoms with E-state index < -0.39 is 0 Å². The fourth-order valence-electron chi connectivity index (χ4n) is 4.48. The van der Waals surface area contributed by atoms with Crippen LogP contribution in [0.4, 0.5) is 16.4 Å². The second kappa shape index (κ2) is 10.3. The molecular formula is C25H25ClN4O4S. The van der Waals surface area contributed by atoms with Crippen LogP contribution in [-0.4, -0.2) is 61.5 Å². The molecule has 2 fully saturated rings. The summed E-state index contributed by atoms with van der Waals surface area (Å²) in [4.78, 5) is 41.3. The lowest BCUT2D eigenvalue weighted by molar-refractivity contribution is -0.126. The Morgan fingerprint density at radius 3 is 2.71 bits per heavy atom. The van der Waals surface area contributed by atoms with Gasteiger partial charge in [0.1, 0.15) is 6.61 Å². The van der Waals surface area contributed by atoms with Crippen molar-refractivity contribution >= 4 is 67.1 Å². The number of hydrogen-bond acceptors (Lipinski definition) is 6. The van der Waals surface area contributed by atoms with Crippen LogP contribution in [0.5, 0.6) is 0 Å². The maximum absolute atomic E-state index is 13.0. The van der Waals surface area contributed by atoms with E-state index in [9.17, 15) is 14.4 Å². The number of nitrogens with one attached hydrogen (secondary N) is 2. The number of carbonyl (C=O) groups is 3. The molecule has 0 saturated carbocycles. The summed E-state index contributed by atoms with van der Waals surface area (Å²) in [6, 6.07) is 14.4. The average molecular weight is 513 g/mol. The number of hydrogen-bond donors (Lipinski definition) is 2. The number of anilines is 3. The maximum atomic E-state index is 13.0. The Morgan fingerprint density at radius 2 is 1.91 bits per heavy atom. The standard InChI is InChI=1S/C25H25ClN4O4S/c26-17-4-3-16-12-23(35-21(16)13-17)28-22(31)14-29-9-1-2-20(29)25(33)27-18-5-7-19(8-6-18)30-10-11-34-15-24(30)32/h3-8,12-13,20H,1-2,9-11,14-15H2,(H,27,33)(H,28,31)/t20-/m1/s1. The van der Waals surface area contributed by atoms with Gasteiger partial charge >= 0.3 is 0 Å². The Hall–Kier alpha value is -2.98. The van der Waals surface area contributed by atoms with Crippen molar-refractivity contribution < 1.29 is 19.1 Å². The first kappa shape index (κ1) is 23.7. The molecule has 0 radical (unpaired) electrons. The second-order valence-electron chi connectivity index (χ2n) is 8.60. The summed E-state index contributed by atoms with van der Waals surface area (Å²) in [6.07, 6.45) is 1.55. The van der Waals surface area contributed by atoms with Gasteiger partial charge in [-0.15, -0.1) is 11.3 Å². The molecule has 2 aliphatic heterocycles. The predicted octanol–water partition coefficient (Wildman–Crippen LogP) is 3.96. The number of carbonyl (C=O) groups excluding carboxylic acids is 3. The average Bonchev–Trinajstić information content (AvgIpc) is 3.46. The van der Waals surface area contributed by atoms with Gasteiger partial charge in [-0.1, -0.05) is 17.7 Å². The van der Waals surface area contributed by atoms with E-state index in [4.69, 9.17) is 16.3 Å². The summed E-state index contributed by atoms with van der Waals surface area (Å²) in [6.45, 7) is 1.93. The lowest BCUT2D eigenvalue weighted by Crippen LogP contribution is -2.43. The van der Waals surface area contributed by atoms with Gasteiger partial charge in [-0.05, 0) is 67.2 Å². The summed E-state index contributed by atoms with van der Waals surface area (Å²) in [5.74, 6) is -0.365. The molecule has 3 heterocycles. The van der Waals surface area contributed by atoms with Gasteiger partial charge in [-0.3, -0.25) is 19.3 Å². The number of morpholine rings is 1. The fourth-order valence-corrected chi connectivity index (χ4v) is 5.74. The second-order valence-corrected chi connectivity index (χ2v) is 10.1. The molecule has 0 bridgehead atoms. The molecule has 1 aromatic heterocycles. The monoisotopic (exact) mass is 512 g/mol. The normalized spacial score (nSPS) is 18.7.